The molecule has 0 aliphatic heterocycles. The average Bonchev–Trinajstić information content (AvgIpc) is 2.62. The van der Waals surface area contributed by atoms with Crippen molar-refractivity contribution in [3.63, 3.8) is 0 Å². The molecule has 6 heteroatoms. The fourth-order valence-corrected chi connectivity index (χ4v) is 2.48. The number of hydrogen-bond acceptors (Lipinski definition) is 4. The maximum absolute atomic E-state index is 12.4. The van der Waals surface area contributed by atoms with Crippen molar-refractivity contribution >= 4 is 11.9 Å². The number of carbonyl (C=O) groups is 2. The lowest BCUT2D eigenvalue weighted by atomic mass is 10.1. The molecule has 0 radical (unpaired) electrons. The summed E-state index contributed by atoms with van der Waals surface area (Å²) in [5.74, 6) is -0.181. The van der Waals surface area contributed by atoms with Crippen LogP contribution in [0, 0.1) is 6.92 Å². The van der Waals surface area contributed by atoms with Crippen LogP contribution in [0.4, 0.5) is 0 Å². The number of benzene rings is 2. The van der Waals surface area contributed by atoms with Crippen molar-refractivity contribution < 1.29 is 24.2 Å². The van der Waals surface area contributed by atoms with Crippen LogP contribution in [-0.4, -0.2) is 36.2 Å². The van der Waals surface area contributed by atoms with Gasteiger partial charge in [-0.2, -0.15) is 0 Å². The minimum absolute atomic E-state index is 0.182. The molecule has 2 aromatic carbocycles. The summed E-state index contributed by atoms with van der Waals surface area (Å²) in [7, 11) is 1.54. The van der Waals surface area contributed by atoms with E-state index in [0.29, 0.717) is 30.0 Å². The molecule has 2 N–H and O–H groups in total. The van der Waals surface area contributed by atoms with Gasteiger partial charge in [0.2, 0.25) is 0 Å². The Labute approximate surface area is 159 Å². The van der Waals surface area contributed by atoms with Gasteiger partial charge in [-0.05, 0) is 57.0 Å². The van der Waals surface area contributed by atoms with Gasteiger partial charge in [-0.1, -0.05) is 23.8 Å². The van der Waals surface area contributed by atoms with Crippen LogP contribution >= 0.6 is 0 Å². The average molecular weight is 371 g/mol. The van der Waals surface area contributed by atoms with E-state index in [1.54, 1.807) is 24.3 Å². The predicted molar refractivity (Wildman–Crippen MR) is 103 cm³/mol. The van der Waals surface area contributed by atoms with Gasteiger partial charge < -0.3 is 19.9 Å². The summed E-state index contributed by atoms with van der Waals surface area (Å²) in [6, 6.07) is 12.6. The molecule has 0 heterocycles. The van der Waals surface area contributed by atoms with Crippen LogP contribution < -0.4 is 14.8 Å². The molecule has 0 aliphatic carbocycles. The first kappa shape index (κ1) is 20.3. The van der Waals surface area contributed by atoms with Crippen molar-refractivity contribution in [2.75, 3.05) is 13.7 Å². The third-order valence-corrected chi connectivity index (χ3v) is 4.11. The van der Waals surface area contributed by atoms with Gasteiger partial charge in [0.15, 0.2) is 5.60 Å². The first-order chi connectivity index (χ1) is 12.7. The first-order valence-electron chi connectivity index (χ1n) is 8.67. The van der Waals surface area contributed by atoms with Gasteiger partial charge in [0.05, 0.1) is 12.7 Å². The molecular weight excluding hydrogens is 346 g/mol. The molecule has 6 nitrogen and oxygen atoms in total. The molecule has 2 rings (SSSR count). The van der Waals surface area contributed by atoms with Crippen molar-refractivity contribution in [2.45, 2.75) is 32.8 Å². The number of nitrogens with one attached hydrogen (secondary N) is 1. The topological polar surface area (TPSA) is 84.9 Å². The van der Waals surface area contributed by atoms with Gasteiger partial charge in [-0.15, -0.1) is 0 Å². The van der Waals surface area contributed by atoms with E-state index < -0.39 is 11.6 Å². The highest BCUT2D eigenvalue weighted by Gasteiger charge is 2.29. The monoisotopic (exact) mass is 371 g/mol. The van der Waals surface area contributed by atoms with Crippen LogP contribution in [-0.2, 0) is 11.2 Å². The molecule has 0 aromatic heterocycles. The van der Waals surface area contributed by atoms with Crippen LogP contribution in [0.5, 0.6) is 11.5 Å². The molecule has 0 bridgehead atoms. The molecule has 0 unspecified atom stereocenters. The van der Waals surface area contributed by atoms with Gasteiger partial charge in [-0.25, -0.2) is 4.79 Å². The number of methoxy groups -OCH3 is 1. The van der Waals surface area contributed by atoms with E-state index in [1.807, 2.05) is 25.1 Å². The minimum Gasteiger partial charge on any atom is -0.496 e. The van der Waals surface area contributed by atoms with Crippen LogP contribution in [0.25, 0.3) is 0 Å². The highest BCUT2D eigenvalue weighted by Crippen LogP contribution is 2.20. The SMILES string of the molecule is COc1ccc(C)cc1C(=O)NCCc1ccc(OC(C)(C)C(=O)O)cc1. The molecule has 144 valence electrons. The molecule has 0 fully saturated rings. The van der Waals surface area contributed by atoms with E-state index in [-0.39, 0.29) is 5.91 Å². The number of carboxylic acid groups (broad SMARTS) is 1. The molecule has 27 heavy (non-hydrogen) atoms. The number of amides is 1. The van der Waals surface area contributed by atoms with E-state index >= 15 is 0 Å². The summed E-state index contributed by atoms with van der Waals surface area (Å²) < 4.78 is 10.7. The first-order valence-corrected chi connectivity index (χ1v) is 8.67. The predicted octanol–water partition coefficient (Wildman–Crippen LogP) is 3.22. The summed E-state index contributed by atoms with van der Waals surface area (Å²) in [6.07, 6.45) is 0.641. The molecule has 2 aromatic rings. The number of carboxylic acids is 1. The second kappa shape index (κ2) is 8.58. The lowest BCUT2D eigenvalue weighted by Crippen LogP contribution is -2.37. The summed E-state index contributed by atoms with van der Waals surface area (Å²) in [4.78, 5) is 23.5. The zero-order chi connectivity index (χ0) is 20.0. The third-order valence-electron chi connectivity index (χ3n) is 4.11. The number of hydrogen-bond donors (Lipinski definition) is 2. The highest BCUT2D eigenvalue weighted by atomic mass is 16.5. The lowest BCUT2D eigenvalue weighted by molar-refractivity contribution is -0.152. The van der Waals surface area contributed by atoms with Crippen LogP contribution in [0.1, 0.15) is 35.3 Å². The van der Waals surface area contributed by atoms with Crippen LogP contribution in [0.3, 0.4) is 0 Å². The van der Waals surface area contributed by atoms with Crippen LogP contribution in [0.2, 0.25) is 0 Å². The molecule has 0 atom stereocenters. The van der Waals surface area contributed by atoms with Crippen molar-refractivity contribution in [3.05, 3.63) is 59.2 Å². The highest BCUT2D eigenvalue weighted by molar-refractivity contribution is 5.97. The fraction of sp³-hybridized carbons (Fsp3) is 0.333. The standard InChI is InChI=1S/C21H25NO5/c1-14-5-10-18(26-4)17(13-14)19(23)22-12-11-15-6-8-16(9-7-15)27-21(2,3)20(24)25/h5-10,13H,11-12H2,1-4H3,(H,22,23)(H,24,25). The van der Waals surface area contributed by atoms with Gasteiger partial charge in [-0.3, -0.25) is 4.79 Å². The quantitative estimate of drug-likeness (QED) is 0.744. The van der Waals surface area contributed by atoms with E-state index in [2.05, 4.69) is 5.32 Å². The smallest absolute Gasteiger partial charge is 0.347 e. The second-order valence-corrected chi connectivity index (χ2v) is 6.77. The third kappa shape index (κ3) is 5.48. The van der Waals surface area contributed by atoms with E-state index in [0.717, 1.165) is 11.1 Å². The Bertz CT molecular complexity index is 812. The molecular formula is C21H25NO5. The summed E-state index contributed by atoms with van der Waals surface area (Å²) >= 11 is 0. The Hall–Kier alpha value is -3.02. The Balaban J connectivity index is 1.91. The van der Waals surface area contributed by atoms with Crippen molar-refractivity contribution in [1.82, 2.24) is 5.32 Å². The number of ether oxygens (including phenoxy) is 2. The van der Waals surface area contributed by atoms with E-state index in [4.69, 9.17) is 14.6 Å². The van der Waals surface area contributed by atoms with Crippen molar-refractivity contribution in [1.29, 1.82) is 0 Å². The van der Waals surface area contributed by atoms with Gasteiger partial charge in [0.1, 0.15) is 11.5 Å². The second-order valence-electron chi connectivity index (χ2n) is 6.77. The van der Waals surface area contributed by atoms with Crippen LogP contribution in [0.15, 0.2) is 42.5 Å². The molecule has 1 amide bonds. The molecule has 0 spiro atoms. The Morgan fingerprint density at radius 2 is 1.78 bits per heavy atom. The fourth-order valence-electron chi connectivity index (χ4n) is 2.48. The van der Waals surface area contributed by atoms with Gasteiger partial charge in [0, 0.05) is 6.54 Å². The molecule has 0 aliphatic rings. The Kier molecular flexibility index (Phi) is 6.45. The number of carbonyl (C=O) groups excluding carboxylic acids is 1. The maximum atomic E-state index is 12.4. The maximum Gasteiger partial charge on any atom is 0.347 e. The number of aliphatic carboxylic acids is 1. The molecule has 0 saturated heterocycles. The summed E-state index contributed by atoms with van der Waals surface area (Å²) in [5.41, 5.74) is 1.22. The summed E-state index contributed by atoms with van der Waals surface area (Å²) in [6.45, 7) is 5.39. The summed E-state index contributed by atoms with van der Waals surface area (Å²) in [5, 5.41) is 12.0. The Morgan fingerprint density at radius 3 is 2.37 bits per heavy atom. The lowest BCUT2D eigenvalue weighted by Gasteiger charge is -2.21. The zero-order valence-corrected chi connectivity index (χ0v) is 16.0. The normalized spacial score (nSPS) is 11.0. The van der Waals surface area contributed by atoms with E-state index in [9.17, 15) is 9.59 Å². The van der Waals surface area contributed by atoms with Gasteiger partial charge in [0.25, 0.3) is 5.91 Å². The van der Waals surface area contributed by atoms with Gasteiger partial charge >= 0.3 is 5.97 Å². The van der Waals surface area contributed by atoms with Crippen molar-refractivity contribution in [2.24, 2.45) is 0 Å². The number of rotatable bonds is 8. The largest absolute Gasteiger partial charge is 0.496 e. The minimum atomic E-state index is -1.29. The van der Waals surface area contributed by atoms with Crippen molar-refractivity contribution in [3.8, 4) is 11.5 Å². The Morgan fingerprint density at radius 1 is 1.11 bits per heavy atom. The number of aryl methyl sites for hydroxylation is 1. The molecule has 0 saturated carbocycles. The van der Waals surface area contributed by atoms with E-state index in [1.165, 1.54) is 21.0 Å². The zero-order valence-electron chi connectivity index (χ0n) is 16.0.